The second-order valence-corrected chi connectivity index (χ2v) is 5.39. The van der Waals surface area contributed by atoms with Gasteiger partial charge < -0.3 is 0 Å². The quantitative estimate of drug-likeness (QED) is 0.779. The molecular formula is C15H23N5O. The SMILES string of the molecule is CCCn1ncnc1CC(=O)CCc1c(C)nn(C)c1C. The van der Waals surface area contributed by atoms with E-state index in [0.717, 1.165) is 36.6 Å². The Labute approximate surface area is 125 Å². The molecule has 2 rings (SSSR count). The number of nitrogens with zero attached hydrogens (tertiary/aromatic N) is 5. The van der Waals surface area contributed by atoms with Gasteiger partial charge in [0.1, 0.15) is 17.9 Å². The van der Waals surface area contributed by atoms with Crippen molar-refractivity contribution in [2.75, 3.05) is 0 Å². The number of rotatable bonds is 7. The summed E-state index contributed by atoms with van der Waals surface area (Å²) in [6, 6.07) is 0. The Bertz CT molecular complexity index is 626. The lowest BCUT2D eigenvalue weighted by molar-refractivity contribution is -0.118. The van der Waals surface area contributed by atoms with Crippen molar-refractivity contribution in [3.63, 3.8) is 0 Å². The molecule has 0 atom stereocenters. The molecule has 0 aliphatic carbocycles. The van der Waals surface area contributed by atoms with Crippen molar-refractivity contribution in [2.24, 2.45) is 7.05 Å². The summed E-state index contributed by atoms with van der Waals surface area (Å²) in [4.78, 5) is 16.3. The summed E-state index contributed by atoms with van der Waals surface area (Å²) < 4.78 is 3.69. The van der Waals surface area contributed by atoms with Gasteiger partial charge in [-0.15, -0.1) is 0 Å². The van der Waals surface area contributed by atoms with Crippen LogP contribution in [0.5, 0.6) is 0 Å². The summed E-state index contributed by atoms with van der Waals surface area (Å²) >= 11 is 0. The van der Waals surface area contributed by atoms with Crippen LogP contribution >= 0.6 is 0 Å². The van der Waals surface area contributed by atoms with Crippen LogP contribution in [0, 0.1) is 13.8 Å². The standard InChI is InChI=1S/C15H23N5O/c1-5-8-20-15(16-10-17-20)9-13(21)6-7-14-11(2)18-19(4)12(14)3/h10H,5-9H2,1-4H3. The van der Waals surface area contributed by atoms with Gasteiger partial charge in [-0.05, 0) is 32.3 Å². The van der Waals surface area contributed by atoms with E-state index in [2.05, 4.69) is 22.1 Å². The van der Waals surface area contributed by atoms with Gasteiger partial charge in [-0.2, -0.15) is 10.2 Å². The molecule has 2 aromatic heterocycles. The molecule has 0 saturated heterocycles. The molecule has 0 aromatic carbocycles. The van der Waals surface area contributed by atoms with Gasteiger partial charge in [0.15, 0.2) is 0 Å². The van der Waals surface area contributed by atoms with Crippen molar-refractivity contribution in [3.05, 3.63) is 29.1 Å². The Balaban J connectivity index is 1.94. The van der Waals surface area contributed by atoms with Crippen molar-refractivity contribution >= 4 is 5.78 Å². The molecule has 6 heteroatoms. The zero-order valence-electron chi connectivity index (χ0n) is 13.3. The molecule has 114 valence electrons. The second kappa shape index (κ2) is 6.65. The summed E-state index contributed by atoms with van der Waals surface area (Å²) in [6.45, 7) is 6.92. The van der Waals surface area contributed by atoms with Crippen molar-refractivity contribution in [2.45, 2.75) is 53.0 Å². The Morgan fingerprint density at radius 3 is 2.71 bits per heavy atom. The van der Waals surface area contributed by atoms with Crippen LogP contribution in [-0.2, 0) is 31.2 Å². The molecule has 0 fully saturated rings. The fourth-order valence-corrected chi connectivity index (χ4v) is 2.53. The first-order chi connectivity index (χ1) is 10.0. The lowest BCUT2D eigenvalue weighted by Crippen LogP contribution is -2.12. The minimum Gasteiger partial charge on any atom is -0.299 e. The van der Waals surface area contributed by atoms with Gasteiger partial charge in [-0.3, -0.25) is 9.48 Å². The van der Waals surface area contributed by atoms with E-state index in [1.165, 1.54) is 11.9 Å². The molecule has 2 heterocycles. The molecule has 21 heavy (non-hydrogen) atoms. The monoisotopic (exact) mass is 289 g/mol. The molecule has 0 aliphatic heterocycles. The van der Waals surface area contributed by atoms with Crippen LogP contribution in [0.3, 0.4) is 0 Å². The Kier molecular flexibility index (Phi) is 4.88. The molecular weight excluding hydrogens is 266 g/mol. The van der Waals surface area contributed by atoms with Gasteiger partial charge in [-0.25, -0.2) is 9.67 Å². The third-order valence-corrected chi connectivity index (χ3v) is 3.80. The highest BCUT2D eigenvalue weighted by atomic mass is 16.1. The maximum Gasteiger partial charge on any atom is 0.140 e. The Morgan fingerprint density at radius 1 is 1.33 bits per heavy atom. The summed E-state index contributed by atoms with van der Waals surface area (Å²) in [6.07, 6.45) is 4.13. The van der Waals surface area contributed by atoms with Crippen LogP contribution in [-0.4, -0.2) is 30.3 Å². The number of hydrogen-bond donors (Lipinski definition) is 0. The van der Waals surface area contributed by atoms with Gasteiger partial charge >= 0.3 is 0 Å². The maximum atomic E-state index is 12.2. The first kappa shape index (κ1) is 15.4. The van der Waals surface area contributed by atoms with Crippen molar-refractivity contribution in [1.29, 1.82) is 0 Å². The van der Waals surface area contributed by atoms with Crippen molar-refractivity contribution in [3.8, 4) is 0 Å². The normalized spacial score (nSPS) is 11.0. The third kappa shape index (κ3) is 3.56. The number of hydrogen-bond acceptors (Lipinski definition) is 4. The Morgan fingerprint density at radius 2 is 2.10 bits per heavy atom. The number of ketones is 1. The van der Waals surface area contributed by atoms with Crippen LogP contribution in [0.25, 0.3) is 0 Å². The van der Waals surface area contributed by atoms with Gasteiger partial charge in [0.25, 0.3) is 0 Å². The van der Waals surface area contributed by atoms with E-state index in [0.29, 0.717) is 12.8 Å². The molecule has 0 radical (unpaired) electrons. The van der Waals surface area contributed by atoms with Crippen LogP contribution in [0.2, 0.25) is 0 Å². The van der Waals surface area contributed by atoms with Crippen molar-refractivity contribution in [1.82, 2.24) is 24.5 Å². The minimum atomic E-state index is 0.197. The number of Topliss-reactive ketones (excluding diaryl/α,β-unsaturated/α-hetero) is 1. The topological polar surface area (TPSA) is 65.6 Å². The van der Waals surface area contributed by atoms with E-state index in [9.17, 15) is 4.79 Å². The fraction of sp³-hybridized carbons (Fsp3) is 0.600. The number of aromatic nitrogens is 5. The first-order valence-corrected chi connectivity index (χ1v) is 7.40. The Hall–Kier alpha value is -1.98. The molecule has 0 amide bonds. The summed E-state index contributed by atoms with van der Waals surface area (Å²) in [5.41, 5.74) is 3.33. The molecule has 2 aromatic rings. The van der Waals surface area contributed by atoms with Crippen molar-refractivity contribution < 1.29 is 4.79 Å². The van der Waals surface area contributed by atoms with E-state index >= 15 is 0 Å². The summed E-state index contributed by atoms with van der Waals surface area (Å²) in [5.74, 6) is 0.962. The summed E-state index contributed by atoms with van der Waals surface area (Å²) in [7, 11) is 1.93. The van der Waals surface area contributed by atoms with Gasteiger partial charge in [-0.1, -0.05) is 6.92 Å². The van der Waals surface area contributed by atoms with Gasteiger partial charge in [0.05, 0.1) is 12.1 Å². The molecule has 0 saturated carbocycles. The number of carbonyl (C=O) groups is 1. The highest BCUT2D eigenvalue weighted by Crippen LogP contribution is 2.14. The summed E-state index contributed by atoms with van der Waals surface area (Å²) in [5, 5.41) is 8.53. The molecule has 6 nitrogen and oxygen atoms in total. The molecule has 0 bridgehead atoms. The molecule has 0 N–H and O–H groups in total. The minimum absolute atomic E-state index is 0.197. The van der Waals surface area contributed by atoms with E-state index in [1.54, 1.807) is 0 Å². The smallest absolute Gasteiger partial charge is 0.140 e. The van der Waals surface area contributed by atoms with Crippen LogP contribution in [0.4, 0.5) is 0 Å². The second-order valence-electron chi connectivity index (χ2n) is 5.39. The number of carbonyl (C=O) groups excluding carboxylic acids is 1. The molecule has 0 spiro atoms. The third-order valence-electron chi connectivity index (χ3n) is 3.80. The lowest BCUT2D eigenvalue weighted by Gasteiger charge is -2.04. The van der Waals surface area contributed by atoms with Crippen LogP contribution in [0.15, 0.2) is 6.33 Å². The highest BCUT2D eigenvalue weighted by molar-refractivity contribution is 5.80. The average molecular weight is 289 g/mol. The highest BCUT2D eigenvalue weighted by Gasteiger charge is 2.13. The zero-order chi connectivity index (χ0) is 15.4. The van der Waals surface area contributed by atoms with Gasteiger partial charge in [0.2, 0.25) is 0 Å². The van der Waals surface area contributed by atoms with E-state index in [1.807, 2.05) is 30.3 Å². The number of aryl methyl sites for hydroxylation is 3. The maximum absolute atomic E-state index is 12.2. The predicted octanol–water partition coefficient (Wildman–Crippen LogP) is 1.78. The van der Waals surface area contributed by atoms with E-state index in [4.69, 9.17) is 0 Å². The lowest BCUT2D eigenvalue weighted by atomic mass is 10.0. The largest absolute Gasteiger partial charge is 0.299 e. The molecule has 0 aliphatic rings. The predicted molar refractivity (Wildman–Crippen MR) is 80.0 cm³/mol. The zero-order valence-corrected chi connectivity index (χ0v) is 13.3. The van der Waals surface area contributed by atoms with E-state index in [-0.39, 0.29) is 5.78 Å². The average Bonchev–Trinajstić information content (AvgIpc) is 2.95. The van der Waals surface area contributed by atoms with E-state index < -0.39 is 0 Å². The van der Waals surface area contributed by atoms with Crippen LogP contribution < -0.4 is 0 Å². The van der Waals surface area contributed by atoms with Gasteiger partial charge in [0, 0.05) is 25.7 Å². The van der Waals surface area contributed by atoms with Crippen LogP contribution in [0.1, 0.15) is 42.5 Å². The fourth-order valence-electron chi connectivity index (χ4n) is 2.53. The first-order valence-electron chi connectivity index (χ1n) is 7.40. The molecule has 0 unspecified atom stereocenters.